The number of nitrogens with zero attached hydrogens (tertiary/aromatic N) is 1. The lowest BCUT2D eigenvalue weighted by molar-refractivity contribution is 0.0731. The molecule has 0 aliphatic heterocycles. The first kappa shape index (κ1) is 24.2. The Kier molecular flexibility index (Phi) is 6.87. The van der Waals surface area contributed by atoms with Crippen LogP contribution >= 0.6 is 0 Å². The van der Waals surface area contributed by atoms with Crippen LogP contribution in [-0.4, -0.2) is 11.0 Å². The standard InChI is InChI=1S/C34H25NO4/c36-34(39-32-18-10-9-17-31(32)38-23-25-13-5-2-6-14-25)33-27-15-7-8-16-29(27)35-30-20-19-26(21-28(30)33)37-22-24-11-3-1-4-12-24/h1-21H,22-23H2. The SMILES string of the molecule is O=C(Oc1ccccc1OCc1ccccc1)c1c2ccccc2nc2ccc(OCc3ccccc3)cc12. The number of carbonyl (C=O) groups is 1. The molecule has 5 nitrogen and oxygen atoms in total. The van der Waals surface area contributed by atoms with Gasteiger partial charge in [-0.15, -0.1) is 0 Å². The molecule has 0 N–H and O–H groups in total. The summed E-state index contributed by atoms with van der Waals surface area (Å²) >= 11 is 0. The average Bonchev–Trinajstić information content (AvgIpc) is 2.99. The molecule has 0 saturated carbocycles. The Bertz CT molecular complexity index is 1750. The summed E-state index contributed by atoms with van der Waals surface area (Å²) in [4.78, 5) is 18.6. The van der Waals surface area contributed by atoms with E-state index in [9.17, 15) is 4.79 Å². The Labute approximate surface area is 226 Å². The molecule has 0 radical (unpaired) electrons. The highest BCUT2D eigenvalue weighted by atomic mass is 16.6. The molecule has 0 unspecified atom stereocenters. The third kappa shape index (κ3) is 5.43. The van der Waals surface area contributed by atoms with Gasteiger partial charge in [0, 0.05) is 10.8 Å². The van der Waals surface area contributed by atoms with Gasteiger partial charge in [-0.05, 0) is 47.5 Å². The Morgan fingerprint density at radius 3 is 1.90 bits per heavy atom. The van der Waals surface area contributed by atoms with Crippen molar-refractivity contribution in [2.45, 2.75) is 13.2 Å². The van der Waals surface area contributed by atoms with Crippen LogP contribution in [0.4, 0.5) is 0 Å². The Balaban J connectivity index is 1.34. The molecule has 5 aromatic carbocycles. The van der Waals surface area contributed by atoms with Gasteiger partial charge in [-0.1, -0.05) is 91.0 Å². The Morgan fingerprint density at radius 1 is 0.564 bits per heavy atom. The van der Waals surface area contributed by atoms with E-state index in [1.807, 2.05) is 115 Å². The summed E-state index contributed by atoms with van der Waals surface area (Å²) < 4.78 is 18.0. The molecule has 190 valence electrons. The molecule has 0 saturated heterocycles. The molecule has 0 atom stereocenters. The summed E-state index contributed by atoms with van der Waals surface area (Å²) in [5.74, 6) is 0.992. The first-order valence-corrected chi connectivity index (χ1v) is 12.7. The smallest absolute Gasteiger partial charge is 0.345 e. The minimum absolute atomic E-state index is 0.351. The van der Waals surface area contributed by atoms with Gasteiger partial charge in [-0.3, -0.25) is 0 Å². The van der Waals surface area contributed by atoms with E-state index in [4.69, 9.17) is 19.2 Å². The minimum Gasteiger partial charge on any atom is -0.489 e. The third-order valence-corrected chi connectivity index (χ3v) is 6.39. The van der Waals surface area contributed by atoms with E-state index < -0.39 is 5.97 Å². The Hall–Kier alpha value is -5.16. The van der Waals surface area contributed by atoms with E-state index in [1.54, 1.807) is 12.1 Å². The maximum Gasteiger partial charge on any atom is 0.345 e. The Morgan fingerprint density at radius 2 is 1.15 bits per heavy atom. The molecule has 0 bridgehead atoms. The number of esters is 1. The summed E-state index contributed by atoms with van der Waals surface area (Å²) in [6.45, 7) is 0.776. The third-order valence-electron chi connectivity index (χ3n) is 6.39. The van der Waals surface area contributed by atoms with Gasteiger partial charge < -0.3 is 14.2 Å². The first-order valence-electron chi connectivity index (χ1n) is 12.7. The number of benzene rings is 5. The molecule has 0 aliphatic rings. The second-order valence-electron chi connectivity index (χ2n) is 9.07. The highest BCUT2D eigenvalue weighted by Crippen LogP contribution is 2.33. The van der Waals surface area contributed by atoms with E-state index in [0.29, 0.717) is 57.8 Å². The molecule has 6 rings (SSSR count). The van der Waals surface area contributed by atoms with Gasteiger partial charge in [0.1, 0.15) is 19.0 Å². The summed E-state index contributed by atoms with van der Waals surface area (Å²) in [5.41, 5.74) is 3.90. The molecule has 5 heteroatoms. The number of hydrogen-bond acceptors (Lipinski definition) is 5. The van der Waals surface area contributed by atoms with E-state index in [0.717, 1.165) is 11.1 Å². The zero-order chi connectivity index (χ0) is 26.4. The van der Waals surface area contributed by atoms with Gasteiger partial charge in [0.05, 0.1) is 16.6 Å². The van der Waals surface area contributed by atoms with Crippen LogP contribution in [0.2, 0.25) is 0 Å². The fraction of sp³-hybridized carbons (Fsp3) is 0.0588. The molecule has 0 fully saturated rings. The predicted molar refractivity (Wildman–Crippen MR) is 152 cm³/mol. The van der Waals surface area contributed by atoms with Crippen molar-refractivity contribution in [3.05, 3.63) is 144 Å². The lowest BCUT2D eigenvalue weighted by atomic mass is 10.0. The molecule has 0 spiro atoms. The molecular weight excluding hydrogens is 486 g/mol. The van der Waals surface area contributed by atoms with Gasteiger partial charge in [0.15, 0.2) is 11.5 Å². The molecule has 1 heterocycles. The zero-order valence-corrected chi connectivity index (χ0v) is 21.1. The number of hydrogen-bond donors (Lipinski definition) is 0. The van der Waals surface area contributed by atoms with Gasteiger partial charge in [-0.25, -0.2) is 9.78 Å². The molecular formula is C34H25NO4. The summed E-state index contributed by atoms with van der Waals surface area (Å²) in [6.07, 6.45) is 0. The van der Waals surface area contributed by atoms with E-state index in [1.165, 1.54) is 0 Å². The second-order valence-corrected chi connectivity index (χ2v) is 9.07. The number of ether oxygens (including phenoxy) is 3. The lowest BCUT2D eigenvalue weighted by Crippen LogP contribution is -2.11. The molecule has 1 aromatic heterocycles. The maximum absolute atomic E-state index is 13.8. The van der Waals surface area contributed by atoms with Gasteiger partial charge in [0.25, 0.3) is 0 Å². The van der Waals surface area contributed by atoms with Crippen molar-refractivity contribution in [1.82, 2.24) is 4.98 Å². The van der Waals surface area contributed by atoms with E-state index in [-0.39, 0.29) is 0 Å². The van der Waals surface area contributed by atoms with Crippen LogP contribution in [0.1, 0.15) is 21.5 Å². The normalized spacial score (nSPS) is 10.9. The van der Waals surface area contributed by atoms with Crippen molar-refractivity contribution < 1.29 is 19.0 Å². The van der Waals surface area contributed by atoms with Crippen LogP contribution in [0, 0.1) is 0 Å². The topological polar surface area (TPSA) is 57.7 Å². The number of pyridine rings is 1. The number of aromatic nitrogens is 1. The molecule has 0 aliphatic carbocycles. The van der Waals surface area contributed by atoms with Crippen LogP contribution in [0.5, 0.6) is 17.2 Å². The van der Waals surface area contributed by atoms with Gasteiger partial charge >= 0.3 is 5.97 Å². The average molecular weight is 512 g/mol. The van der Waals surface area contributed by atoms with E-state index in [2.05, 4.69) is 0 Å². The van der Waals surface area contributed by atoms with Crippen molar-refractivity contribution >= 4 is 27.8 Å². The number of carbonyl (C=O) groups excluding carboxylic acids is 1. The molecule has 6 aromatic rings. The van der Waals surface area contributed by atoms with E-state index >= 15 is 0 Å². The largest absolute Gasteiger partial charge is 0.489 e. The summed E-state index contributed by atoms with van der Waals surface area (Å²) in [6, 6.07) is 40.2. The van der Waals surface area contributed by atoms with Crippen LogP contribution in [-0.2, 0) is 13.2 Å². The lowest BCUT2D eigenvalue weighted by Gasteiger charge is -2.14. The first-order chi connectivity index (χ1) is 19.2. The van der Waals surface area contributed by atoms with Crippen LogP contribution in [0.15, 0.2) is 127 Å². The monoisotopic (exact) mass is 511 g/mol. The van der Waals surface area contributed by atoms with Crippen molar-refractivity contribution in [3.63, 3.8) is 0 Å². The second kappa shape index (κ2) is 11.1. The van der Waals surface area contributed by atoms with Gasteiger partial charge in [0.2, 0.25) is 0 Å². The minimum atomic E-state index is -0.491. The van der Waals surface area contributed by atoms with Crippen molar-refractivity contribution in [2.24, 2.45) is 0 Å². The van der Waals surface area contributed by atoms with Crippen molar-refractivity contribution in [3.8, 4) is 17.2 Å². The fourth-order valence-electron chi connectivity index (χ4n) is 4.46. The van der Waals surface area contributed by atoms with Crippen LogP contribution in [0.25, 0.3) is 21.8 Å². The zero-order valence-electron chi connectivity index (χ0n) is 21.1. The summed E-state index contributed by atoms with van der Waals surface area (Å²) in [5, 5.41) is 1.37. The number of para-hydroxylation sites is 3. The number of fused-ring (bicyclic) bond motifs is 2. The predicted octanol–water partition coefficient (Wildman–Crippen LogP) is 7.77. The van der Waals surface area contributed by atoms with Crippen molar-refractivity contribution in [1.29, 1.82) is 0 Å². The fourth-order valence-corrected chi connectivity index (χ4v) is 4.46. The van der Waals surface area contributed by atoms with Crippen molar-refractivity contribution in [2.75, 3.05) is 0 Å². The quantitative estimate of drug-likeness (QED) is 0.119. The highest BCUT2D eigenvalue weighted by molar-refractivity contribution is 6.15. The highest BCUT2D eigenvalue weighted by Gasteiger charge is 2.20. The summed E-state index contributed by atoms with van der Waals surface area (Å²) in [7, 11) is 0. The van der Waals surface area contributed by atoms with Crippen LogP contribution in [0.3, 0.4) is 0 Å². The van der Waals surface area contributed by atoms with Gasteiger partial charge in [-0.2, -0.15) is 0 Å². The molecule has 0 amide bonds. The maximum atomic E-state index is 13.8. The number of rotatable bonds is 8. The molecule has 39 heavy (non-hydrogen) atoms. The van der Waals surface area contributed by atoms with Crippen LogP contribution < -0.4 is 14.2 Å².